The van der Waals surface area contributed by atoms with Gasteiger partial charge in [0, 0.05) is 23.4 Å². The van der Waals surface area contributed by atoms with Crippen molar-refractivity contribution in [3.8, 4) is 23.1 Å². The molecular weight excluding hydrogens is 497 g/mol. The first-order chi connectivity index (χ1) is 18.2. The van der Waals surface area contributed by atoms with Gasteiger partial charge in [-0.15, -0.1) is 5.10 Å². The number of hydrogen-bond acceptors (Lipinski definition) is 5. The predicted molar refractivity (Wildman–Crippen MR) is 138 cm³/mol. The number of benzene rings is 3. The topological polar surface area (TPSA) is 78.3 Å². The summed E-state index contributed by atoms with van der Waals surface area (Å²) >= 11 is 0. The van der Waals surface area contributed by atoms with Crippen molar-refractivity contribution in [1.82, 2.24) is 14.8 Å². The van der Waals surface area contributed by atoms with Crippen molar-refractivity contribution >= 4 is 11.6 Å². The normalized spacial score (nSPS) is 11.4. The second kappa shape index (κ2) is 11.5. The molecule has 4 aromatic rings. The lowest BCUT2D eigenvalue weighted by Crippen LogP contribution is -2.15. The standard InChI is InChI=1S/C28H27F3N4O3/c1-4-37-14-15-38-27-33-25(20-11-8-18(2)9-12-20)35(34-27)23-7-5-6-22(17-23)32-26(36)21-13-10-19(3)24(16-21)28(29,30)31/h5-13,16-17H,4,14-15H2,1-3H3,(H,32,36). The van der Waals surface area contributed by atoms with Gasteiger partial charge in [-0.1, -0.05) is 42.0 Å². The van der Waals surface area contributed by atoms with Crippen LogP contribution >= 0.6 is 0 Å². The number of anilines is 1. The molecule has 0 radical (unpaired) electrons. The molecule has 0 spiro atoms. The second-order valence-corrected chi connectivity index (χ2v) is 8.57. The molecule has 1 N–H and O–H groups in total. The molecule has 0 aliphatic heterocycles. The summed E-state index contributed by atoms with van der Waals surface area (Å²) in [6, 6.07) is 18.2. The molecule has 1 heterocycles. The van der Waals surface area contributed by atoms with E-state index < -0.39 is 17.6 Å². The summed E-state index contributed by atoms with van der Waals surface area (Å²) in [5.41, 5.74) is 1.95. The van der Waals surface area contributed by atoms with Crippen LogP contribution in [0, 0.1) is 13.8 Å². The Kier molecular flexibility index (Phi) is 8.11. The summed E-state index contributed by atoms with van der Waals surface area (Å²) < 4.78 is 52.5. The highest BCUT2D eigenvalue weighted by Gasteiger charge is 2.33. The quantitative estimate of drug-likeness (QED) is 0.262. The van der Waals surface area contributed by atoms with Gasteiger partial charge in [0.2, 0.25) is 0 Å². The van der Waals surface area contributed by atoms with Crippen LogP contribution in [-0.4, -0.2) is 40.5 Å². The minimum Gasteiger partial charge on any atom is -0.460 e. The fraction of sp³-hybridized carbons (Fsp3) is 0.250. The van der Waals surface area contributed by atoms with Crippen molar-refractivity contribution in [3.05, 3.63) is 89.0 Å². The summed E-state index contributed by atoms with van der Waals surface area (Å²) in [5.74, 6) is -0.141. The molecule has 198 valence electrons. The predicted octanol–water partition coefficient (Wildman–Crippen LogP) is 6.24. The monoisotopic (exact) mass is 524 g/mol. The molecule has 10 heteroatoms. The molecule has 0 unspecified atom stereocenters. The Morgan fingerprint density at radius 1 is 1.00 bits per heavy atom. The summed E-state index contributed by atoms with van der Waals surface area (Å²) in [5, 5.41) is 7.17. The Hall–Kier alpha value is -4.18. The first-order valence-electron chi connectivity index (χ1n) is 12.0. The zero-order chi connectivity index (χ0) is 27.3. The van der Waals surface area contributed by atoms with Crippen molar-refractivity contribution in [2.75, 3.05) is 25.1 Å². The number of ether oxygens (including phenoxy) is 2. The van der Waals surface area contributed by atoms with E-state index in [0.717, 1.165) is 17.2 Å². The molecule has 0 fully saturated rings. The molecule has 7 nitrogen and oxygen atoms in total. The van der Waals surface area contributed by atoms with E-state index in [0.29, 0.717) is 30.4 Å². The Bertz CT molecular complexity index is 1420. The average molecular weight is 525 g/mol. The number of aryl methyl sites for hydroxylation is 2. The van der Waals surface area contributed by atoms with Gasteiger partial charge in [-0.25, -0.2) is 4.68 Å². The lowest BCUT2D eigenvalue weighted by molar-refractivity contribution is -0.138. The minimum absolute atomic E-state index is 0.0464. The van der Waals surface area contributed by atoms with E-state index >= 15 is 0 Å². The van der Waals surface area contributed by atoms with Crippen molar-refractivity contribution in [2.45, 2.75) is 26.9 Å². The van der Waals surface area contributed by atoms with Crippen LogP contribution in [0.5, 0.6) is 6.01 Å². The Balaban J connectivity index is 1.63. The molecule has 0 bridgehead atoms. The molecular formula is C28H27F3N4O3. The van der Waals surface area contributed by atoms with Gasteiger partial charge < -0.3 is 14.8 Å². The highest BCUT2D eigenvalue weighted by molar-refractivity contribution is 6.04. The summed E-state index contributed by atoms with van der Waals surface area (Å²) in [7, 11) is 0. The van der Waals surface area contributed by atoms with Crippen LogP contribution in [0.3, 0.4) is 0 Å². The maximum absolute atomic E-state index is 13.3. The third-order valence-corrected chi connectivity index (χ3v) is 5.71. The van der Waals surface area contributed by atoms with Crippen LogP contribution in [0.4, 0.5) is 18.9 Å². The van der Waals surface area contributed by atoms with Crippen molar-refractivity contribution in [2.24, 2.45) is 0 Å². The largest absolute Gasteiger partial charge is 0.460 e. The first kappa shape index (κ1) is 26.9. The zero-order valence-corrected chi connectivity index (χ0v) is 21.2. The van der Waals surface area contributed by atoms with Gasteiger partial charge in [0.1, 0.15) is 6.61 Å². The Morgan fingerprint density at radius 3 is 2.47 bits per heavy atom. The highest BCUT2D eigenvalue weighted by Crippen LogP contribution is 2.32. The molecule has 3 aromatic carbocycles. The van der Waals surface area contributed by atoms with Gasteiger partial charge in [-0.2, -0.15) is 18.2 Å². The summed E-state index contributed by atoms with van der Waals surface area (Å²) in [6.07, 6.45) is -4.55. The van der Waals surface area contributed by atoms with Gasteiger partial charge in [0.05, 0.1) is 17.9 Å². The number of aromatic nitrogens is 3. The molecule has 1 aromatic heterocycles. The van der Waals surface area contributed by atoms with Crippen LogP contribution < -0.4 is 10.1 Å². The van der Waals surface area contributed by atoms with E-state index in [1.54, 1.807) is 28.9 Å². The van der Waals surface area contributed by atoms with Gasteiger partial charge in [0.25, 0.3) is 5.91 Å². The maximum Gasteiger partial charge on any atom is 0.416 e. The van der Waals surface area contributed by atoms with Gasteiger partial charge in [-0.05, 0) is 56.7 Å². The fourth-order valence-corrected chi connectivity index (χ4v) is 3.75. The van der Waals surface area contributed by atoms with E-state index in [-0.39, 0.29) is 23.7 Å². The van der Waals surface area contributed by atoms with Crippen LogP contribution in [0.2, 0.25) is 0 Å². The number of nitrogens with zero attached hydrogens (tertiary/aromatic N) is 3. The molecule has 0 saturated heterocycles. The number of carbonyl (C=O) groups excluding carboxylic acids is 1. The second-order valence-electron chi connectivity index (χ2n) is 8.57. The number of nitrogens with one attached hydrogen (secondary N) is 1. The van der Waals surface area contributed by atoms with Crippen LogP contribution in [0.25, 0.3) is 17.1 Å². The molecule has 0 saturated carbocycles. The smallest absolute Gasteiger partial charge is 0.416 e. The van der Waals surface area contributed by atoms with Crippen molar-refractivity contribution < 1.29 is 27.4 Å². The number of amides is 1. The molecule has 1 amide bonds. The van der Waals surface area contributed by atoms with E-state index in [1.807, 2.05) is 38.1 Å². The highest BCUT2D eigenvalue weighted by atomic mass is 19.4. The van der Waals surface area contributed by atoms with E-state index in [1.165, 1.54) is 19.1 Å². The number of halogens is 3. The lowest BCUT2D eigenvalue weighted by atomic mass is 10.0. The zero-order valence-electron chi connectivity index (χ0n) is 21.2. The van der Waals surface area contributed by atoms with Crippen LogP contribution in [0.15, 0.2) is 66.7 Å². The molecule has 0 aliphatic carbocycles. The third-order valence-electron chi connectivity index (χ3n) is 5.71. The summed E-state index contributed by atoms with van der Waals surface area (Å²) in [4.78, 5) is 17.3. The number of hydrogen-bond donors (Lipinski definition) is 1. The fourth-order valence-electron chi connectivity index (χ4n) is 3.75. The number of carbonyl (C=O) groups is 1. The van der Waals surface area contributed by atoms with Gasteiger partial charge in [-0.3, -0.25) is 4.79 Å². The molecule has 38 heavy (non-hydrogen) atoms. The van der Waals surface area contributed by atoms with Crippen LogP contribution in [-0.2, 0) is 10.9 Å². The van der Waals surface area contributed by atoms with Gasteiger partial charge in [0.15, 0.2) is 5.82 Å². The molecule has 0 aliphatic rings. The SMILES string of the molecule is CCOCCOc1nc(-c2ccc(C)cc2)n(-c2cccc(NC(=O)c3ccc(C)c(C(F)(F)F)c3)c2)n1. The minimum atomic E-state index is -4.55. The number of rotatable bonds is 9. The van der Waals surface area contributed by atoms with Gasteiger partial charge >= 0.3 is 12.2 Å². The van der Waals surface area contributed by atoms with E-state index in [4.69, 9.17) is 9.47 Å². The van der Waals surface area contributed by atoms with Crippen molar-refractivity contribution in [3.63, 3.8) is 0 Å². The first-order valence-corrected chi connectivity index (χ1v) is 12.0. The maximum atomic E-state index is 13.3. The summed E-state index contributed by atoms with van der Waals surface area (Å²) in [6.45, 7) is 6.46. The van der Waals surface area contributed by atoms with E-state index in [2.05, 4.69) is 15.4 Å². The Morgan fingerprint density at radius 2 is 1.76 bits per heavy atom. The molecule has 4 rings (SSSR count). The van der Waals surface area contributed by atoms with Crippen LogP contribution in [0.1, 0.15) is 34.0 Å². The number of alkyl halides is 3. The van der Waals surface area contributed by atoms with E-state index in [9.17, 15) is 18.0 Å². The lowest BCUT2D eigenvalue weighted by Gasteiger charge is -2.13. The third kappa shape index (κ3) is 6.38. The average Bonchev–Trinajstić information content (AvgIpc) is 3.31. The van der Waals surface area contributed by atoms with Crippen molar-refractivity contribution in [1.29, 1.82) is 0 Å². The molecule has 0 atom stereocenters. The Labute approximate surface area is 218 Å².